The monoisotopic (exact) mass is 470 g/mol. The molecule has 2 aromatic carbocycles. The SMILES string of the molecule is COCCCN1C(=O)c2[nH]nc(-c3cccc([N+](=O)[O-])c3)c2C1c1ccc(Br)cc1. The van der Waals surface area contributed by atoms with Crippen molar-refractivity contribution in [1.29, 1.82) is 0 Å². The number of hydrogen-bond donors (Lipinski definition) is 1. The zero-order valence-corrected chi connectivity index (χ0v) is 17.8. The summed E-state index contributed by atoms with van der Waals surface area (Å²) in [6.45, 7) is 1.06. The molecule has 0 spiro atoms. The number of nitro groups is 1. The highest BCUT2D eigenvalue weighted by Crippen LogP contribution is 2.43. The highest BCUT2D eigenvalue weighted by atomic mass is 79.9. The zero-order chi connectivity index (χ0) is 21.3. The molecule has 1 aliphatic rings. The van der Waals surface area contributed by atoms with Gasteiger partial charge in [0, 0.05) is 48.0 Å². The standard InChI is InChI=1S/C21H19BrN4O4/c1-30-11-3-10-25-20(13-6-8-15(22)9-7-13)17-18(23-24-19(17)21(25)27)14-4-2-5-16(12-14)26(28)29/h2,4-9,12,20H,3,10-11H2,1H3,(H,23,24). The smallest absolute Gasteiger partial charge is 0.273 e. The molecule has 1 aliphatic heterocycles. The van der Waals surface area contributed by atoms with Crippen LogP contribution in [-0.4, -0.2) is 46.2 Å². The molecule has 3 aromatic rings. The summed E-state index contributed by atoms with van der Waals surface area (Å²) in [5.74, 6) is -0.141. The molecule has 4 rings (SSSR count). The lowest BCUT2D eigenvalue weighted by atomic mass is 9.96. The fourth-order valence-corrected chi connectivity index (χ4v) is 4.05. The highest BCUT2D eigenvalue weighted by Gasteiger charge is 2.41. The number of carbonyl (C=O) groups is 1. The first-order chi connectivity index (χ1) is 14.5. The minimum atomic E-state index is -0.440. The van der Waals surface area contributed by atoms with Gasteiger partial charge in [0.25, 0.3) is 11.6 Å². The zero-order valence-electron chi connectivity index (χ0n) is 16.2. The summed E-state index contributed by atoms with van der Waals surface area (Å²) >= 11 is 3.45. The van der Waals surface area contributed by atoms with Crippen LogP contribution in [-0.2, 0) is 4.74 Å². The van der Waals surface area contributed by atoms with Crippen LogP contribution in [0.25, 0.3) is 11.3 Å². The van der Waals surface area contributed by atoms with Gasteiger partial charge >= 0.3 is 0 Å². The molecule has 154 valence electrons. The third-order valence-corrected chi connectivity index (χ3v) is 5.66. The Kier molecular flexibility index (Phi) is 5.65. The number of methoxy groups -OCH3 is 1. The van der Waals surface area contributed by atoms with Gasteiger partial charge in [-0.2, -0.15) is 5.10 Å². The van der Waals surface area contributed by atoms with Crippen LogP contribution in [0.3, 0.4) is 0 Å². The number of amides is 1. The van der Waals surface area contributed by atoms with Gasteiger partial charge in [0.2, 0.25) is 0 Å². The number of carbonyl (C=O) groups excluding carboxylic acids is 1. The fourth-order valence-electron chi connectivity index (χ4n) is 3.78. The minimum Gasteiger partial charge on any atom is -0.385 e. The van der Waals surface area contributed by atoms with E-state index in [1.807, 2.05) is 24.3 Å². The number of halogens is 1. The summed E-state index contributed by atoms with van der Waals surface area (Å²) in [6.07, 6.45) is 0.694. The van der Waals surface area contributed by atoms with Crippen LogP contribution in [0.1, 0.15) is 34.1 Å². The summed E-state index contributed by atoms with van der Waals surface area (Å²) in [5.41, 5.74) is 3.21. The van der Waals surface area contributed by atoms with Crippen LogP contribution in [0.2, 0.25) is 0 Å². The second-order valence-electron chi connectivity index (χ2n) is 6.97. The number of nitrogens with one attached hydrogen (secondary N) is 1. The molecule has 9 heteroatoms. The predicted molar refractivity (Wildman–Crippen MR) is 114 cm³/mol. The molecule has 30 heavy (non-hydrogen) atoms. The van der Waals surface area contributed by atoms with Crippen LogP contribution in [0.5, 0.6) is 0 Å². The van der Waals surface area contributed by atoms with Crippen LogP contribution in [0, 0.1) is 10.1 Å². The molecule has 0 radical (unpaired) electrons. The van der Waals surface area contributed by atoms with Crippen molar-refractivity contribution < 1.29 is 14.5 Å². The van der Waals surface area contributed by atoms with Crippen molar-refractivity contribution in [3.05, 3.63) is 79.9 Å². The molecular weight excluding hydrogens is 452 g/mol. The van der Waals surface area contributed by atoms with E-state index in [9.17, 15) is 14.9 Å². The molecule has 0 bridgehead atoms. The van der Waals surface area contributed by atoms with Crippen LogP contribution in [0.4, 0.5) is 5.69 Å². The van der Waals surface area contributed by atoms with E-state index in [4.69, 9.17) is 4.74 Å². The van der Waals surface area contributed by atoms with E-state index in [2.05, 4.69) is 26.1 Å². The van der Waals surface area contributed by atoms with Crippen LogP contribution in [0.15, 0.2) is 53.0 Å². The topological polar surface area (TPSA) is 101 Å². The highest BCUT2D eigenvalue weighted by molar-refractivity contribution is 9.10. The van der Waals surface area contributed by atoms with Gasteiger partial charge in [-0.3, -0.25) is 20.0 Å². The van der Waals surface area contributed by atoms with Crippen molar-refractivity contribution in [2.45, 2.75) is 12.5 Å². The molecule has 1 N–H and O–H groups in total. The Balaban J connectivity index is 1.82. The molecule has 0 saturated carbocycles. The number of benzene rings is 2. The first kappa shape index (κ1) is 20.2. The molecule has 0 saturated heterocycles. The summed E-state index contributed by atoms with van der Waals surface area (Å²) in [7, 11) is 1.63. The maximum absolute atomic E-state index is 13.2. The number of H-pyrrole nitrogens is 1. The van der Waals surface area contributed by atoms with Crippen molar-refractivity contribution in [1.82, 2.24) is 15.1 Å². The average molecular weight is 471 g/mol. The molecule has 2 heterocycles. The van der Waals surface area contributed by atoms with Crippen LogP contribution < -0.4 is 0 Å². The van der Waals surface area contributed by atoms with Crippen molar-refractivity contribution >= 4 is 27.5 Å². The molecule has 1 unspecified atom stereocenters. The largest absolute Gasteiger partial charge is 0.385 e. The van der Waals surface area contributed by atoms with E-state index >= 15 is 0 Å². The van der Waals surface area contributed by atoms with Gasteiger partial charge in [-0.05, 0) is 24.1 Å². The van der Waals surface area contributed by atoms with Crippen molar-refractivity contribution in [2.24, 2.45) is 0 Å². The summed E-state index contributed by atoms with van der Waals surface area (Å²) in [5, 5.41) is 18.4. The van der Waals surface area contributed by atoms with Gasteiger partial charge in [-0.1, -0.05) is 40.2 Å². The van der Waals surface area contributed by atoms with Gasteiger partial charge in [-0.15, -0.1) is 0 Å². The van der Waals surface area contributed by atoms with E-state index in [0.29, 0.717) is 36.5 Å². The number of fused-ring (bicyclic) bond motifs is 1. The third kappa shape index (κ3) is 3.61. The van der Waals surface area contributed by atoms with E-state index < -0.39 is 4.92 Å². The summed E-state index contributed by atoms with van der Waals surface area (Å²) in [6, 6.07) is 13.7. The Bertz CT molecular complexity index is 1100. The third-order valence-electron chi connectivity index (χ3n) is 5.13. The van der Waals surface area contributed by atoms with E-state index in [0.717, 1.165) is 15.6 Å². The lowest BCUT2D eigenvalue weighted by molar-refractivity contribution is -0.384. The second-order valence-corrected chi connectivity index (χ2v) is 7.88. The summed E-state index contributed by atoms with van der Waals surface area (Å²) in [4.78, 5) is 25.7. The van der Waals surface area contributed by atoms with Gasteiger partial charge in [0.15, 0.2) is 0 Å². The fraction of sp³-hybridized carbons (Fsp3) is 0.238. The van der Waals surface area contributed by atoms with E-state index in [1.165, 1.54) is 12.1 Å². The lowest BCUT2D eigenvalue weighted by Gasteiger charge is -2.26. The summed E-state index contributed by atoms with van der Waals surface area (Å²) < 4.78 is 6.09. The lowest BCUT2D eigenvalue weighted by Crippen LogP contribution is -2.31. The quantitative estimate of drug-likeness (QED) is 0.314. The Morgan fingerprint density at radius 1 is 1.27 bits per heavy atom. The van der Waals surface area contributed by atoms with Gasteiger partial charge in [0.1, 0.15) is 5.69 Å². The molecular formula is C21H19BrN4O4. The number of non-ortho nitro benzene ring substituents is 1. The van der Waals surface area contributed by atoms with Crippen molar-refractivity contribution in [2.75, 3.05) is 20.3 Å². The Morgan fingerprint density at radius 2 is 2.03 bits per heavy atom. The maximum atomic E-state index is 13.2. The first-order valence-electron chi connectivity index (χ1n) is 9.39. The normalized spacial score (nSPS) is 15.5. The molecule has 0 fully saturated rings. The minimum absolute atomic E-state index is 0.0225. The number of hydrogen-bond acceptors (Lipinski definition) is 5. The second kappa shape index (κ2) is 8.37. The van der Waals surface area contributed by atoms with Gasteiger partial charge < -0.3 is 9.64 Å². The number of nitrogens with zero attached hydrogens (tertiary/aromatic N) is 3. The molecule has 0 aliphatic carbocycles. The number of nitro benzene ring substituents is 1. The molecule has 1 atom stereocenters. The predicted octanol–water partition coefficient (Wildman–Crippen LogP) is 4.33. The molecule has 1 amide bonds. The average Bonchev–Trinajstić information content (AvgIpc) is 3.29. The number of aromatic nitrogens is 2. The molecule has 1 aromatic heterocycles. The first-order valence-corrected chi connectivity index (χ1v) is 10.2. The van der Waals surface area contributed by atoms with Gasteiger partial charge in [-0.25, -0.2) is 0 Å². The number of rotatable bonds is 7. The van der Waals surface area contributed by atoms with E-state index in [-0.39, 0.29) is 17.6 Å². The van der Waals surface area contributed by atoms with Crippen molar-refractivity contribution in [3.63, 3.8) is 0 Å². The molecule has 8 nitrogen and oxygen atoms in total. The van der Waals surface area contributed by atoms with Gasteiger partial charge in [0.05, 0.1) is 16.7 Å². The number of aromatic amines is 1. The Hall–Kier alpha value is -3.04. The van der Waals surface area contributed by atoms with Crippen LogP contribution >= 0.6 is 15.9 Å². The number of ether oxygens (including phenoxy) is 1. The maximum Gasteiger partial charge on any atom is 0.273 e. The van der Waals surface area contributed by atoms with E-state index in [1.54, 1.807) is 24.1 Å². The Labute approximate surface area is 181 Å². The Morgan fingerprint density at radius 3 is 2.73 bits per heavy atom. The van der Waals surface area contributed by atoms with Crippen molar-refractivity contribution in [3.8, 4) is 11.3 Å².